The van der Waals surface area contributed by atoms with E-state index in [1.54, 1.807) is 12.1 Å². The Hall–Kier alpha value is -2.04. The standard InChI is InChI=1S/C16H23N3O2/c1-2-12-10-16(21)19(11-12)9-5-8-15(20)18-14-7-4-3-6-13(14)17/h3-4,6-7,12H,2,5,8-11,17H2,1H3,(H,18,20). The summed E-state index contributed by atoms with van der Waals surface area (Å²) >= 11 is 0. The van der Waals surface area contributed by atoms with Crippen LogP contribution in [0.1, 0.15) is 32.6 Å². The van der Waals surface area contributed by atoms with Crippen LogP contribution in [0.5, 0.6) is 0 Å². The lowest BCUT2D eigenvalue weighted by molar-refractivity contribution is -0.128. The molecule has 5 heteroatoms. The van der Waals surface area contributed by atoms with Crippen LogP contribution in [0.3, 0.4) is 0 Å². The van der Waals surface area contributed by atoms with E-state index < -0.39 is 0 Å². The molecule has 1 unspecified atom stereocenters. The van der Waals surface area contributed by atoms with Crippen LogP contribution in [0, 0.1) is 5.92 Å². The van der Waals surface area contributed by atoms with E-state index in [1.807, 2.05) is 17.0 Å². The number of rotatable bonds is 6. The first-order valence-electron chi connectivity index (χ1n) is 7.52. The fourth-order valence-corrected chi connectivity index (χ4v) is 2.60. The summed E-state index contributed by atoms with van der Waals surface area (Å²) in [7, 11) is 0. The molecule has 1 fully saturated rings. The van der Waals surface area contributed by atoms with Gasteiger partial charge in [0.05, 0.1) is 11.4 Å². The fraction of sp³-hybridized carbons (Fsp3) is 0.500. The smallest absolute Gasteiger partial charge is 0.224 e. The lowest BCUT2D eigenvalue weighted by atomic mass is 10.1. The maximum atomic E-state index is 11.9. The zero-order chi connectivity index (χ0) is 15.2. The zero-order valence-corrected chi connectivity index (χ0v) is 12.5. The molecule has 5 nitrogen and oxygen atoms in total. The number of amides is 2. The van der Waals surface area contributed by atoms with Crippen molar-refractivity contribution >= 4 is 23.2 Å². The molecule has 1 heterocycles. The molecule has 1 atom stereocenters. The van der Waals surface area contributed by atoms with Crippen LogP contribution < -0.4 is 11.1 Å². The topological polar surface area (TPSA) is 75.4 Å². The minimum atomic E-state index is -0.0633. The van der Waals surface area contributed by atoms with Crippen molar-refractivity contribution in [2.24, 2.45) is 5.92 Å². The van der Waals surface area contributed by atoms with Crippen LogP contribution in [0.15, 0.2) is 24.3 Å². The third-order valence-electron chi connectivity index (χ3n) is 3.94. The molecule has 3 N–H and O–H groups in total. The highest BCUT2D eigenvalue weighted by atomic mass is 16.2. The molecule has 0 bridgehead atoms. The van der Waals surface area contributed by atoms with Crippen LogP contribution in [0.25, 0.3) is 0 Å². The van der Waals surface area contributed by atoms with E-state index in [9.17, 15) is 9.59 Å². The van der Waals surface area contributed by atoms with Crippen LogP contribution in [0.2, 0.25) is 0 Å². The summed E-state index contributed by atoms with van der Waals surface area (Å²) in [6.07, 6.45) is 2.77. The van der Waals surface area contributed by atoms with Crippen molar-refractivity contribution in [3.8, 4) is 0 Å². The van der Waals surface area contributed by atoms with Gasteiger partial charge in [-0.2, -0.15) is 0 Å². The van der Waals surface area contributed by atoms with Crippen molar-refractivity contribution in [3.05, 3.63) is 24.3 Å². The highest BCUT2D eigenvalue weighted by Gasteiger charge is 2.27. The normalized spacial score (nSPS) is 18.0. The minimum absolute atomic E-state index is 0.0633. The largest absolute Gasteiger partial charge is 0.397 e. The van der Waals surface area contributed by atoms with E-state index in [0.29, 0.717) is 43.1 Å². The van der Waals surface area contributed by atoms with Crippen LogP contribution in [0.4, 0.5) is 11.4 Å². The van der Waals surface area contributed by atoms with Gasteiger partial charge >= 0.3 is 0 Å². The summed E-state index contributed by atoms with van der Waals surface area (Å²) in [4.78, 5) is 25.5. The molecule has 1 aliphatic rings. The second kappa shape index (κ2) is 7.11. The Kier molecular flexibility index (Phi) is 5.20. The molecule has 1 aliphatic heterocycles. The second-order valence-electron chi connectivity index (χ2n) is 5.56. The molecule has 2 amide bonds. The van der Waals surface area contributed by atoms with E-state index in [1.165, 1.54) is 0 Å². The summed E-state index contributed by atoms with van der Waals surface area (Å²) in [6, 6.07) is 7.19. The SMILES string of the molecule is CCC1CC(=O)N(CCCC(=O)Nc2ccccc2N)C1. The number of carbonyl (C=O) groups excluding carboxylic acids is 2. The molecular formula is C16H23N3O2. The van der Waals surface area contributed by atoms with Crippen molar-refractivity contribution < 1.29 is 9.59 Å². The fourth-order valence-electron chi connectivity index (χ4n) is 2.60. The third-order valence-corrected chi connectivity index (χ3v) is 3.94. The van der Waals surface area contributed by atoms with E-state index in [-0.39, 0.29) is 11.8 Å². The zero-order valence-electron chi connectivity index (χ0n) is 12.5. The Labute approximate surface area is 125 Å². The first kappa shape index (κ1) is 15.4. The third kappa shape index (κ3) is 4.21. The number of carbonyl (C=O) groups is 2. The molecule has 0 radical (unpaired) electrons. The van der Waals surface area contributed by atoms with E-state index >= 15 is 0 Å². The van der Waals surface area contributed by atoms with Gasteiger partial charge in [0.1, 0.15) is 0 Å². The molecule has 1 aromatic carbocycles. The summed E-state index contributed by atoms with van der Waals surface area (Å²) in [6.45, 7) is 3.61. The van der Waals surface area contributed by atoms with Gasteiger partial charge in [0, 0.05) is 25.9 Å². The van der Waals surface area contributed by atoms with Gasteiger partial charge in [0.25, 0.3) is 0 Å². The molecule has 0 spiro atoms. The maximum Gasteiger partial charge on any atom is 0.224 e. The van der Waals surface area contributed by atoms with Gasteiger partial charge < -0.3 is 16.0 Å². The first-order chi connectivity index (χ1) is 10.1. The number of anilines is 2. The highest BCUT2D eigenvalue weighted by molar-refractivity contribution is 5.93. The average Bonchev–Trinajstić information content (AvgIpc) is 2.82. The van der Waals surface area contributed by atoms with Gasteiger partial charge in [0.2, 0.25) is 11.8 Å². The Bertz CT molecular complexity index is 516. The van der Waals surface area contributed by atoms with Crippen LogP contribution in [-0.2, 0) is 9.59 Å². The average molecular weight is 289 g/mol. The van der Waals surface area contributed by atoms with Crippen molar-refractivity contribution in [1.29, 1.82) is 0 Å². The van der Waals surface area contributed by atoms with Gasteiger partial charge in [-0.05, 0) is 24.5 Å². The molecule has 0 aromatic heterocycles. The Balaban J connectivity index is 1.73. The number of benzene rings is 1. The van der Waals surface area contributed by atoms with Crippen LogP contribution in [-0.4, -0.2) is 29.8 Å². The number of hydrogen-bond donors (Lipinski definition) is 2. The summed E-state index contributed by atoms with van der Waals surface area (Å²) in [5.74, 6) is 0.636. The Morgan fingerprint density at radius 3 is 2.86 bits per heavy atom. The minimum Gasteiger partial charge on any atom is -0.397 e. The molecule has 21 heavy (non-hydrogen) atoms. The van der Waals surface area contributed by atoms with Gasteiger partial charge in [-0.1, -0.05) is 25.5 Å². The monoisotopic (exact) mass is 289 g/mol. The quantitative estimate of drug-likeness (QED) is 0.789. The van der Waals surface area contributed by atoms with E-state index in [0.717, 1.165) is 13.0 Å². The maximum absolute atomic E-state index is 11.9. The second-order valence-corrected chi connectivity index (χ2v) is 5.56. The van der Waals surface area contributed by atoms with Gasteiger partial charge in [0.15, 0.2) is 0 Å². The molecule has 1 saturated heterocycles. The predicted octanol–water partition coefficient (Wildman–Crippen LogP) is 2.25. The van der Waals surface area contributed by atoms with Crippen molar-refractivity contribution in [2.75, 3.05) is 24.1 Å². The first-order valence-corrected chi connectivity index (χ1v) is 7.52. The number of nitrogens with one attached hydrogen (secondary N) is 1. The number of nitrogen functional groups attached to an aromatic ring is 1. The Morgan fingerprint density at radius 2 is 2.19 bits per heavy atom. The number of hydrogen-bond acceptors (Lipinski definition) is 3. The summed E-state index contributed by atoms with van der Waals surface area (Å²) in [5.41, 5.74) is 6.98. The number of likely N-dealkylation sites (tertiary alicyclic amines) is 1. The molecular weight excluding hydrogens is 266 g/mol. The predicted molar refractivity (Wildman–Crippen MR) is 83.7 cm³/mol. The molecule has 114 valence electrons. The lowest BCUT2D eigenvalue weighted by Gasteiger charge is -2.16. The van der Waals surface area contributed by atoms with Gasteiger partial charge in [-0.3, -0.25) is 9.59 Å². The van der Waals surface area contributed by atoms with E-state index in [4.69, 9.17) is 5.73 Å². The number of nitrogens with two attached hydrogens (primary N) is 1. The molecule has 1 aromatic rings. The highest BCUT2D eigenvalue weighted by Crippen LogP contribution is 2.21. The number of nitrogens with zero attached hydrogens (tertiary/aromatic N) is 1. The number of para-hydroxylation sites is 2. The van der Waals surface area contributed by atoms with Gasteiger partial charge in [-0.15, -0.1) is 0 Å². The van der Waals surface area contributed by atoms with Gasteiger partial charge in [-0.25, -0.2) is 0 Å². The van der Waals surface area contributed by atoms with E-state index in [2.05, 4.69) is 12.2 Å². The molecule has 0 aliphatic carbocycles. The van der Waals surface area contributed by atoms with Crippen molar-refractivity contribution in [1.82, 2.24) is 4.90 Å². The molecule has 2 rings (SSSR count). The Morgan fingerprint density at radius 1 is 1.43 bits per heavy atom. The van der Waals surface area contributed by atoms with Crippen molar-refractivity contribution in [3.63, 3.8) is 0 Å². The summed E-state index contributed by atoms with van der Waals surface area (Å²) < 4.78 is 0. The van der Waals surface area contributed by atoms with Crippen molar-refractivity contribution in [2.45, 2.75) is 32.6 Å². The molecule has 0 saturated carbocycles. The lowest BCUT2D eigenvalue weighted by Crippen LogP contribution is -2.27. The van der Waals surface area contributed by atoms with Crippen LogP contribution >= 0.6 is 0 Å². The summed E-state index contributed by atoms with van der Waals surface area (Å²) in [5, 5.41) is 2.80.